The first-order valence-electron chi connectivity index (χ1n) is 4.57. The quantitative estimate of drug-likeness (QED) is 0.731. The minimum atomic E-state index is -1.15. The topological polar surface area (TPSA) is 75.6 Å². The highest BCUT2D eigenvalue weighted by Crippen LogP contribution is 2.38. The van der Waals surface area contributed by atoms with Crippen molar-refractivity contribution in [1.82, 2.24) is 0 Å². The van der Waals surface area contributed by atoms with Crippen LogP contribution in [-0.4, -0.2) is 24.1 Å². The van der Waals surface area contributed by atoms with E-state index in [0.29, 0.717) is 17.0 Å². The highest BCUT2D eigenvalue weighted by Gasteiger charge is 2.27. The minimum absolute atomic E-state index is 0.140. The lowest BCUT2D eigenvalue weighted by atomic mass is 10.1. The highest BCUT2D eigenvalue weighted by molar-refractivity contribution is 6.34. The molecule has 2 N–H and O–H groups in total. The van der Waals surface area contributed by atoms with Gasteiger partial charge >= 0.3 is 5.97 Å². The lowest BCUT2D eigenvalue weighted by Crippen LogP contribution is -2.05. The summed E-state index contributed by atoms with van der Waals surface area (Å²) < 4.78 is 5.07. The SMILES string of the molecule is COc1cccc2c1NC(=O)/C2=C\C(=O)O. The van der Waals surface area contributed by atoms with E-state index >= 15 is 0 Å². The Morgan fingerprint density at radius 1 is 1.50 bits per heavy atom. The molecule has 0 bridgehead atoms. The Kier molecular flexibility index (Phi) is 2.36. The third kappa shape index (κ3) is 1.52. The number of benzene rings is 1. The summed E-state index contributed by atoms with van der Waals surface area (Å²) in [5.41, 5.74) is 1.20. The molecule has 5 heteroatoms. The summed E-state index contributed by atoms with van der Waals surface area (Å²) in [6, 6.07) is 5.07. The predicted octanol–water partition coefficient (Wildman–Crippen LogP) is 1.12. The summed E-state index contributed by atoms with van der Waals surface area (Å²) in [5.74, 6) is -1.07. The number of anilines is 1. The van der Waals surface area contributed by atoms with E-state index in [1.807, 2.05) is 0 Å². The molecule has 0 saturated heterocycles. The number of hydrogen-bond acceptors (Lipinski definition) is 3. The molecule has 16 heavy (non-hydrogen) atoms. The molecular weight excluding hydrogens is 210 g/mol. The molecule has 1 aliphatic heterocycles. The van der Waals surface area contributed by atoms with Crippen molar-refractivity contribution in [2.75, 3.05) is 12.4 Å². The summed E-state index contributed by atoms with van der Waals surface area (Å²) in [4.78, 5) is 22.1. The van der Waals surface area contributed by atoms with Crippen LogP contribution in [0.5, 0.6) is 5.75 Å². The first kappa shape index (κ1) is 10.2. The largest absolute Gasteiger partial charge is 0.495 e. The second kappa shape index (κ2) is 3.69. The summed E-state index contributed by atoms with van der Waals surface area (Å²) in [7, 11) is 1.49. The maximum atomic E-state index is 11.5. The van der Waals surface area contributed by atoms with Gasteiger partial charge in [0.1, 0.15) is 5.75 Å². The average molecular weight is 219 g/mol. The van der Waals surface area contributed by atoms with Crippen molar-refractivity contribution in [3.05, 3.63) is 29.8 Å². The van der Waals surface area contributed by atoms with Gasteiger partial charge in [0.05, 0.1) is 18.4 Å². The van der Waals surface area contributed by atoms with Crippen molar-refractivity contribution in [2.45, 2.75) is 0 Å². The van der Waals surface area contributed by atoms with Crippen LogP contribution in [0.1, 0.15) is 5.56 Å². The van der Waals surface area contributed by atoms with Gasteiger partial charge in [0, 0.05) is 11.6 Å². The highest BCUT2D eigenvalue weighted by atomic mass is 16.5. The molecule has 1 amide bonds. The van der Waals surface area contributed by atoms with Gasteiger partial charge in [-0.1, -0.05) is 12.1 Å². The van der Waals surface area contributed by atoms with Crippen LogP contribution < -0.4 is 10.1 Å². The Hall–Kier alpha value is -2.30. The number of nitrogens with one attached hydrogen (secondary N) is 1. The summed E-state index contributed by atoms with van der Waals surface area (Å²) in [6.45, 7) is 0. The molecule has 1 aliphatic rings. The van der Waals surface area contributed by atoms with E-state index in [1.54, 1.807) is 18.2 Å². The molecular formula is C11H9NO4. The van der Waals surface area contributed by atoms with Crippen molar-refractivity contribution in [1.29, 1.82) is 0 Å². The number of amides is 1. The Balaban J connectivity index is 2.58. The number of carboxylic acids is 1. The lowest BCUT2D eigenvalue weighted by Gasteiger charge is -2.04. The molecule has 0 atom stereocenters. The van der Waals surface area contributed by atoms with Gasteiger partial charge in [0.15, 0.2) is 0 Å². The molecule has 0 fully saturated rings. The number of carbonyl (C=O) groups excluding carboxylic acids is 1. The van der Waals surface area contributed by atoms with Crippen molar-refractivity contribution < 1.29 is 19.4 Å². The van der Waals surface area contributed by atoms with E-state index in [0.717, 1.165) is 6.08 Å². The Morgan fingerprint density at radius 3 is 2.88 bits per heavy atom. The molecule has 2 rings (SSSR count). The van der Waals surface area contributed by atoms with Crippen molar-refractivity contribution in [2.24, 2.45) is 0 Å². The average Bonchev–Trinajstić information content (AvgIpc) is 2.55. The minimum Gasteiger partial charge on any atom is -0.495 e. The standard InChI is InChI=1S/C11H9NO4/c1-16-8-4-2-3-6-7(5-9(13)14)11(15)12-10(6)8/h2-5H,1H3,(H,12,15)(H,13,14)/b7-5-. The van der Waals surface area contributed by atoms with Gasteiger partial charge in [-0.05, 0) is 6.07 Å². The van der Waals surface area contributed by atoms with Crippen LogP contribution in [0, 0.1) is 0 Å². The van der Waals surface area contributed by atoms with E-state index in [2.05, 4.69) is 5.32 Å². The first-order valence-corrected chi connectivity index (χ1v) is 4.57. The molecule has 0 saturated carbocycles. The zero-order chi connectivity index (χ0) is 11.7. The Bertz CT molecular complexity index is 505. The third-order valence-electron chi connectivity index (χ3n) is 2.29. The molecule has 0 unspecified atom stereocenters. The van der Waals surface area contributed by atoms with Gasteiger partial charge in [-0.3, -0.25) is 4.79 Å². The molecule has 0 spiro atoms. The fraction of sp³-hybridized carbons (Fsp3) is 0.0909. The number of ether oxygens (including phenoxy) is 1. The molecule has 0 radical (unpaired) electrons. The van der Waals surface area contributed by atoms with Crippen LogP contribution in [0.15, 0.2) is 24.3 Å². The number of fused-ring (bicyclic) bond motifs is 1. The number of methoxy groups -OCH3 is 1. The predicted molar refractivity (Wildman–Crippen MR) is 57.2 cm³/mol. The maximum Gasteiger partial charge on any atom is 0.329 e. The van der Waals surface area contributed by atoms with E-state index in [1.165, 1.54) is 7.11 Å². The van der Waals surface area contributed by atoms with E-state index in [9.17, 15) is 9.59 Å². The smallest absolute Gasteiger partial charge is 0.329 e. The van der Waals surface area contributed by atoms with Crippen LogP contribution in [0.25, 0.3) is 5.57 Å². The molecule has 1 heterocycles. The van der Waals surface area contributed by atoms with E-state index in [-0.39, 0.29) is 5.57 Å². The van der Waals surface area contributed by atoms with Crippen molar-refractivity contribution in [3.8, 4) is 5.75 Å². The van der Waals surface area contributed by atoms with Gasteiger partial charge in [0.25, 0.3) is 5.91 Å². The third-order valence-corrected chi connectivity index (χ3v) is 2.29. The Labute approximate surface area is 91.3 Å². The number of hydrogen-bond donors (Lipinski definition) is 2. The van der Waals surface area contributed by atoms with E-state index < -0.39 is 11.9 Å². The number of carbonyl (C=O) groups is 2. The van der Waals surface area contributed by atoms with Crippen molar-refractivity contribution in [3.63, 3.8) is 0 Å². The number of rotatable bonds is 2. The number of para-hydroxylation sites is 1. The van der Waals surface area contributed by atoms with Gasteiger partial charge in [-0.15, -0.1) is 0 Å². The second-order valence-electron chi connectivity index (χ2n) is 3.23. The van der Waals surface area contributed by atoms with Crippen LogP contribution in [0.3, 0.4) is 0 Å². The monoisotopic (exact) mass is 219 g/mol. The molecule has 0 aliphatic carbocycles. The summed E-state index contributed by atoms with van der Waals surface area (Å²) in [5, 5.41) is 11.2. The summed E-state index contributed by atoms with van der Waals surface area (Å²) >= 11 is 0. The number of carboxylic acid groups (broad SMARTS) is 1. The van der Waals surface area contributed by atoms with Crippen molar-refractivity contribution >= 4 is 23.1 Å². The molecule has 1 aromatic rings. The fourth-order valence-electron chi connectivity index (χ4n) is 1.62. The van der Waals surface area contributed by atoms with Crippen LogP contribution >= 0.6 is 0 Å². The first-order chi connectivity index (χ1) is 7.63. The van der Waals surface area contributed by atoms with Gasteiger partial charge in [-0.25, -0.2) is 4.79 Å². The fourth-order valence-corrected chi connectivity index (χ4v) is 1.62. The Morgan fingerprint density at radius 2 is 2.25 bits per heavy atom. The van der Waals surface area contributed by atoms with Crippen LogP contribution in [0.2, 0.25) is 0 Å². The van der Waals surface area contributed by atoms with Crippen LogP contribution in [-0.2, 0) is 9.59 Å². The van der Waals surface area contributed by atoms with E-state index in [4.69, 9.17) is 9.84 Å². The molecule has 5 nitrogen and oxygen atoms in total. The van der Waals surface area contributed by atoms with Gasteiger partial charge < -0.3 is 15.2 Å². The zero-order valence-corrected chi connectivity index (χ0v) is 8.48. The number of aliphatic carboxylic acids is 1. The zero-order valence-electron chi connectivity index (χ0n) is 8.48. The lowest BCUT2D eigenvalue weighted by molar-refractivity contribution is -0.131. The molecule has 0 aromatic heterocycles. The van der Waals surface area contributed by atoms with Gasteiger partial charge in [-0.2, -0.15) is 0 Å². The van der Waals surface area contributed by atoms with Gasteiger partial charge in [0.2, 0.25) is 0 Å². The second-order valence-corrected chi connectivity index (χ2v) is 3.23. The maximum absolute atomic E-state index is 11.5. The van der Waals surface area contributed by atoms with Crippen LogP contribution in [0.4, 0.5) is 5.69 Å². The molecule has 82 valence electrons. The summed E-state index contributed by atoms with van der Waals surface area (Å²) in [6.07, 6.45) is 0.889. The molecule has 1 aromatic carbocycles. The normalized spacial score (nSPS) is 15.8.